The van der Waals surface area contributed by atoms with E-state index in [0.29, 0.717) is 18.1 Å². The summed E-state index contributed by atoms with van der Waals surface area (Å²) in [6.07, 6.45) is 2.32. The maximum Gasteiger partial charge on any atom is 0.270 e. The molecule has 3 aromatic rings. The third kappa shape index (κ3) is 4.25. The Morgan fingerprint density at radius 2 is 1.73 bits per heavy atom. The highest BCUT2D eigenvalue weighted by Crippen LogP contribution is 2.20. The Bertz CT molecular complexity index is 908. The van der Waals surface area contributed by atoms with Crippen molar-refractivity contribution in [2.45, 2.75) is 26.8 Å². The van der Waals surface area contributed by atoms with Crippen molar-refractivity contribution >= 4 is 17.4 Å². The van der Waals surface area contributed by atoms with Crippen LogP contribution in [0.1, 0.15) is 34.1 Å². The highest BCUT2D eigenvalue weighted by Gasteiger charge is 2.10. The Hall–Kier alpha value is -3.21. The standard InChI is InChI=1S/C21H22N4O/c1-3-16-9-6-7-11-18(16)25-20-12-19(23-14-24-20)21(26)22-13-17-10-5-4-8-15(17)2/h4-12,14H,3,13H2,1-2H3,(H,22,26)(H,23,24,25). The van der Waals surface area contributed by atoms with Crippen molar-refractivity contribution in [2.75, 3.05) is 5.32 Å². The molecule has 0 atom stereocenters. The topological polar surface area (TPSA) is 66.9 Å². The molecule has 2 N–H and O–H groups in total. The van der Waals surface area contributed by atoms with Gasteiger partial charge < -0.3 is 10.6 Å². The maximum atomic E-state index is 12.4. The second-order valence-corrected chi connectivity index (χ2v) is 6.03. The summed E-state index contributed by atoms with van der Waals surface area (Å²) < 4.78 is 0. The normalized spacial score (nSPS) is 10.4. The van der Waals surface area contributed by atoms with Gasteiger partial charge in [0.15, 0.2) is 0 Å². The van der Waals surface area contributed by atoms with Crippen molar-refractivity contribution in [3.8, 4) is 0 Å². The molecule has 1 heterocycles. The molecule has 0 aliphatic heterocycles. The lowest BCUT2D eigenvalue weighted by molar-refractivity contribution is 0.0945. The largest absolute Gasteiger partial charge is 0.347 e. The SMILES string of the molecule is CCc1ccccc1Nc1cc(C(=O)NCc2ccccc2C)ncn1. The van der Waals surface area contributed by atoms with Crippen LogP contribution in [-0.4, -0.2) is 15.9 Å². The molecule has 0 saturated carbocycles. The van der Waals surface area contributed by atoms with Gasteiger partial charge in [-0.3, -0.25) is 4.79 Å². The number of carbonyl (C=O) groups excluding carboxylic acids is 1. The molecule has 0 aliphatic rings. The Kier molecular flexibility index (Phi) is 5.59. The van der Waals surface area contributed by atoms with Crippen LogP contribution in [0.15, 0.2) is 60.9 Å². The van der Waals surface area contributed by atoms with E-state index in [1.54, 1.807) is 6.07 Å². The Morgan fingerprint density at radius 1 is 1.00 bits per heavy atom. The summed E-state index contributed by atoms with van der Waals surface area (Å²) in [5.74, 6) is 0.379. The Balaban J connectivity index is 1.70. The highest BCUT2D eigenvalue weighted by molar-refractivity contribution is 5.93. The fraction of sp³-hybridized carbons (Fsp3) is 0.190. The van der Waals surface area contributed by atoms with Crippen LogP contribution in [0, 0.1) is 6.92 Å². The zero-order valence-corrected chi connectivity index (χ0v) is 15.0. The predicted molar refractivity (Wildman–Crippen MR) is 103 cm³/mol. The molecule has 0 saturated heterocycles. The summed E-state index contributed by atoms with van der Waals surface area (Å²) in [6, 6.07) is 17.7. The summed E-state index contributed by atoms with van der Waals surface area (Å²) in [5.41, 5.74) is 4.75. The van der Waals surface area contributed by atoms with E-state index in [4.69, 9.17) is 0 Å². The molecule has 26 heavy (non-hydrogen) atoms. The molecule has 3 rings (SSSR count). The van der Waals surface area contributed by atoms with Crippen molar-refractivity contribution < 1.29 is 4.79 Å². The number of amides is 1. The van der Waals surface area contributed by atoms with Crippen LogP contribution in [-0.2, 0) is 13.0 Å². The first-order valence-corrected chi connectivity index (χ1v) is 8.67. The Labute approximate surface area is 153 Å². The van der Waals surface area contributed by atoms with Crippen molar-refractivity contribution in [1.29, 1.82) is 0 Å². The second-order valence-electron chi connectivity index (χ2n) is 6.03. The van der Waals surface area contributed by atoms with E-state index in [1.165, 1.54) is 11.9 Å². The minimum absolute atomic E-state index is 0.220. The number of nitrogens with one attached hydrogen (secondary N) is 2. The van der Waals surface area contributed by atoms with Gasteiger partial charge in [-0.05, 0) is 36.1 Å². The van der Waals surface area contributed by atoms with Gasteiger partial charge in [0, 0.05) is 18.3 Å². The van der Waals surface area contributed by atoms with Crippen LogP contribution in [0.25, 0.3) is 0 Å². The molecule has 2 aromatic carbocycles. The molecule has 132 valence electrons. The van der Waals surface area contributed by atoms with E-state index in [2.05, 4.69) is 33.6 Å². The minimum atomic E-state index is -0.220. The van der Waals surface area contributed by atoms with E-state index in [9.17, 15) is 4.79 Å². The van der Waals surface area contributed by atoms with Gasteiger partial charge in [-0.25, -0.2) is 9.97 Å². The lowest BCUT2D eigenvalue weighted by atomic mass is 10.1. The third-order valence-electron chi connectivity index (χ3n) is 4.26. The number of aryl methyl sites for hydroxylation is 2. The minimum Gasteiger partial charge on any atom is -0.347 e. The number of nitrogens with zero attached hydrogens (tertiary/aromatic N) is 2. The van der Waals surface area contributed by atoms with E-state index in [1.807, 2.05) is 49.4 Å². The summed E-state index contributed by atoms with van der Waals surface area (Å²) in [7, 11) is 0. The van der Waals surface area contributed by atoms with Crippen LogP contribution in [0.3, 0.4) is 0 Å². The van der Waals surface area contributed by atoms with Crippen LogP contribution in [0.4, 0.5) is 11.5 Å². The summed E-state index contributed by atoms with van der Waals surface area (Å²) in [6.45, 7) is 4.60. The smallest absolute Gasteiger partial charge is 0.270 e. The quantitative estimate of drug-likeness (QED) is 0.707. The van der Waals surface area contributed by atoms with Crippen LogP contribution in [0.5, 0.6) is 0 Å². The number of anilines is 2. The first-order valence-electron chi connectivity index (χ1n) is 8.67. The number of carbonyl (C=O) groups is 1. The van der Waals surface area contributed by atoms with Gasteiger partial charge in [0.05, 0.1) is 0 Å². The number of benzene rings is 2. The molecule has 0 bridgehead atoms. The number of hydrogen-bond donors (Lipinski definition) is 2. The average Bonchev–Trinajstić information content (AvgIpc) is 2.68. The maximum absolute atomic E-state index is 12.4. The summed E-state index contributed by atoms with van der Waals surface area (Å²) in [4.78, 5) is 20.7. The average molecular weight is 346 g/mol. The van der Waals surface area contributed by atoms with Gasteiger partial charge in [0.2, 0.25) is 0 Å². The number of hydrogen-bond acceptors (Lipinski definition) is 4. The molecular formula is C21H22N4O. The van der Waals surface area contributed by atoms with Crippen LogP contribution >= 0.6 is 0 Å². The van der Waals surface area contributed by atoms with Gasteiger partial charge in [0.25, 0.3) is 5.91 Å². The summed E-state index contributed by atoms with van der Waals surface area (Å²) >= 11 is 0. The zero-order chi connectivity index (χ0) is 18.4. The van der Waals surface area contributed by atoms with Crippen molar-refractivity contribution in [2.24, 2.45) is 0 Å². The van der Waals surface area contributed by atoms with Gasteiger partial charge in [-0.2, -0.15) is 0 Å². The molecular weight excluding hydrogens is 324 g/mol. The fourth-order valence-electron chi connectivity index (χ4n) is 2.71. The third-order valence-corrected chi connectivity index (χ3v) is 4.26. The molecule has 0 unspecified atom stereocenters. The van der Waals surface area contributed by atoms with Crippen LogP contribution < -0.4 is 10.6 Å². The predicted octanol–water partition coefficient (Wildman–Crippen LogP) is 4.02. The lowest BCUT2D eigenvalue weighted by Crippen LogP contribution is -2.24. The molecule has 5 heteroatoms. The van der Waals surface area contributed by atoms with Gasteiger partial charge in [-0.1, -0.05) is 49.4 Å². The molecule has 0 radical (unpaired) electrons. The van der Waals surface area contributed by atoms with Gasteiger partial charge in [-0.15, -0.1) is 0 Å². The first kappa shape index (κ1) is 17.6. The van der Waals surface area contributed by atoms with E-state index >= 15 is 0 Å². The number of para-hydroxylation sites is 1. The molecule has 1 aromatic heterocycles. The molecule has 0 aliphatic carbocycles. The van der Waals surface area contributed by atoms with Crippen molar-refractivity contribution in [3.63, 3.8) is 0 Å². The molecule has 0 fully saturated rings. The molecule has 5 nitrogen and oxygen atoms in total. The monoisotopic (exact) mass is 346 g/mol. The van der Waals surface area contributed by atoms with E-state index in [-0.39, 0.29) is 5.91 Å². The molecule has 1 amide bonds. The van der Waals surface area contributed by atoms with Crippen LogP contribution in [0.2, 0.25) is 0 Å². The number of rotatable bonds is 6. The second kappa shape index (κ2) is 8.25. The Morgan fingerprint density at radius 3 is 2.50 bits per heavy atom. The summed E-state index contributed by atoms with van der Waals surface area (Å²) in [5, 5.41) is 6.18. The van der Waals surface area contributed by atoms with E-state index < -0.39 is 0 Å². The van der Waals surface area contributed by atoms with Gasteiger partial charge in [0.1, 0.15) is 17.8 Å². The fourth-order valence-corrected chi connectivity index (χ4v) is 2.71. The van der Waals surface area contributed by atoms with E-state index in [0.717, 1.165) is 23.2 Å². The highest BCUT2D eigenvalue weighted by atomic mass is 16.1. The van der Waals surface area contributed by atoms with Gasteiger partial charge >= 0.3 is 0 Å². The van der Waals surface area contributed by atoms with Crippen molar-refractivity contribution in [3.05, 3.63) is 83.3 Å². The van der Waals surface area contributed by atoms with Crippen molar-refractivity contribution in [1.82, 2.24) is 15.3 Å². The number of aromatic nitrogens is 2. The first-order chi connectivity index (χ1) is 12.7. The molecule has 0 spiro atoms. The lowest BCUT2D eigenvalue weighted by Gasteiger charge is -2.11. The zero-order valence-electron chi connectivity index (χ0n) is 15.0.